The summed E-state index contributed by atoms with van der Waals surface area (Å²) in [5.74, 6) is 0.942. The smallest absolute Gasteiger partial charge is 0.304 e. The van der Waals surface area contributed by atoms with Gasteiger partial charge in [-0.25, -0.2) is 0 Å². The van der Waals surface area contributed by atoms with Crippen LogP contribution < -0.4 is 5.32 Å². The van der Waals surface area contributed by atoms with Crippen molar-refractivity contribution in [2.24, 2.45) is 0 Å². The lowest BCUT2D eigenvalue weighted by molar-refractivity contribution is -0.137. The van der Waals surface area contributed by atoms with E-state index in [2.05, 4.69) is 15.5 Å². The highest BCUT2D eigenvalue weighted by molar-refractivity contribution is 5.67. The van der Waals surface area contributed by atoms with E-state index in [1.54, 1.807) is 0 Å². The molecule has 14 heavy (non-hydrogen) atoms. The summed E-state index contributed by atoms with van der Waals surface area (Å²) in [5, 5.41) is 19.7. The molecule has 0 saturated carbocycles. The van der Waals surface area contributed by atoms with Crippen LogP contribution in [-0.2, 0) is 17.9 Å². The summed E-state index contributed by atoms with van der Waals surface area (Å²) >= 11 is 0. The second-order valence-electron chi connectivity index (χ2n) is 3.45. The average molecular weight is 196 g/mol. The van der Waals surface area contributed by atoms with E-state index >= 15 is 0 Å². The number of fused-ring (bicyclic) bond motifs is 1. The highest BCUT2D eigenvalue weighted by atomic mass is 16.4. The van der Waals surface area contributed by atoms with Crippen LogP contribution >= 0.6 is 0 Å². The minimum Gasteiger partial charge on any atom is -0.481 e. The van der Waals surface area contributed by atoms with Gasteiger partial charge in [0.1, 0.15) is 11.6 Å². The van der Waals surface area contributed by atoms with Gasteiger partial charge in [0.2, 0.25) is 0 Å². The number of hydrogen-bond donors (Lipinski definition) is 2. The third-order valence-corrected chi connectivity index (χ3v) is 2.39. The number of rotatable bonds is 2. The molecule has 1 aliphatic heterocycles. The summed E-state index contributed by atoms with van der Waals surface area (Å²) in [4.78, 5) is 10.5. The molecule has 2 N–H and O–H groups in total. The topological polar surface area (TPSA) is 80.0 Å². The van der Waals surface area contributed by atoms with E-state index in [0.29, 0.717) is 13.1 Å². The quantitative estimate of drug-likeness (QED) is 0.668. The zero-order chi connectivity index (χ0) is 10.1. The molecule has 1 unspecified atom stereocenters. The molecule has 0 amide bonds. The van der Waals surface area contributed by atoms with Crippen LogP contribution in [0.2, 0.25) is 0 Å². The molecule has 0 aliphatic carbocycles. The molecule has 2 heterocycles. The van der Waals surface area contributed by atoms with Crippen LogP contribution in [-0.4, -0.2) is 31.9 Å². The molecule has 0 fully saturated rings. The molecular weight excluding hydrogens is 184 g/mol. The number of aryl methyl sites for hydroxylation is 1. The number of hydrogen-bond acceptors (Lipinski definition) is 4. The predicted molar refractivity (Wildman–Crippen MR) is 47.6 cm³/mol. The first kappa shape index (κ1) is 9.14. The molecule has 0 spiro atoms. The first-order valence-electron chi connectivity index (χ1n) is 4.50. The van der Waals surface area contributed by atoms with Crippen molar-refractivity contribution < 1.29 is 9.90 Å². The number of nitrogens with zero attached hydrogens (tertiary/aromatic N) is 3. The molecule has 76 valence electrons. The number of carboxylic acids is 1. The van der Waals surface area contributed by atoms with Crippen LogP contribution in [0.15, 0.2) is 0 Å². The van der Waals surface area contributed by atoms with Gasteiger partial charge in [-0.05, 0) is 6.92 Å². The van der Waals surface area contributed by atoms with Crippen LogP contribution in [0.5, 0.6) is 0 Å². The third-order valence-electron chi connectivity index (χ3n) is 2.39. The van der Waals surface area contributed by atoms with Crippen molar-refractivity contribution >= 4 is 5.97 Å². The Hall–Kier alpha value is -1.43. The summed E-state index contributed by atoms with van der Waals surface area (Å²) in [6, 6.07) is -0.0188. The lowest BCUT2D eigenvalue weighted by Crippen LogP contribution is -2.40. The van der Waals surface area contributed by atoms with E-state index in [-0.39, 0.29) is 12.5 Å². The van der Waals surface area contributed by atoms with Crippen molar-refractivity contribution in [1.82, 2.24) is 20.1 Å². The van der Waals surface area contributed by atoms with Crippen LogP contribution in [0.25, 0.3) is 0 Å². The average Bonchev–Trinajstić information content (AvgIpc) is 2.47. The Morgan fingerprint density at radius 3 is 3.21 bits per heavy atom. The number of carboxylic acid groups (broad SMARTS) is 1. The van der Waals surface area contributed by atoms with Crippen molar-refractivity contribution in [3.05, 3.63) is 11.6 Å². The molecule has 0 saturated heterocycles. The van der Waals surface area contributed by atoms with Crippen LogP contribution in [0, 0.1) is 6.92 Å². The molecule has 2 rings (SSSR count). The fraction of sp³-hybridized carbons (Fsp3) is 0.625. The second-order valence-corrected chi connectivity index (χ2v) is 3.45. The fourth-order valence-electron chi connectivity index (χ4n) is 1.66. The van der Waals surface area contributed by atoms with E-state index in [1.807, 2.05) is 11.5 Å². The van der Waals surface area contributed by atoms with Crippen LogP contribution in [0.4, 0.5) is 0 Å². The van der Waals surface area contributed by atoms with E-state index in [0.717, 1.165) is 11.6 Å². The maximum atomic E-state index is 10.5. The molecule has 0 bridgehead atoms. The van der Waals surface area contributed by atoms with Gasteiger partial charge < -0.3 is 15.0 Å². The molecule has 1 aromatic heterocycles. The predicted octanol–water partition coefficient (Wildman–Crippen LogP) is -0.467. The monoisotopic (exact) mass is 196 g/mol. The zero-order valence-corrected chi connectivity index (χ0v) is 7.90. The Labute approximate surface area is 80.9 Å². The van der Waals surface area contributed by atoms with Crippen molar-refractivity contribution in [2.45, 2.75) is 32.5 Å². The maximum absolute atomic E-state index is 10.5. The highest BCUT2D eigenvalue weighted by Gasteiger charge is 2.22. The maximum Gasteiger partial charge on any atom is 0.304 e. The Balaban J connectivity index is 2.12. The van der Waals surface area contributed by atoms with Gasteiger partial charge in [0, 0.05) is 12.6 Å². The summed E-state index contributed by atoms with van der Waals surface area (Å²) in [5.41, 5.74) is 0. The van der Waals surface area contributed by atoms with Crippen molar-refractivity contribution in [2.75, 3.05) is 0 Å². The molecule has 6 nitrogen and oxygen atoms in total. The molecule has 6 heteroatoms. The number of aromatic nitrogens is 3. The summed E-state index contributed by atoms with van der Waals surface area (Å²) in [7, 11) is 0. The van der Waals surface area contributed by atoms with Gasteiger partial charge in [-0.15, -0.1) is 10.2 Å². The van der Waals surface area contributed by atoms with Gasteiger partial charge in [-0.2, -0.15) is 0 Å². The van der Waals surface area contributed by atoms with Gasteiger partial charge in [-0.3, -0.25) is 4.79 Å². The fourth-order valence-corrected chi connectivity index (χ4v) is 1.66. The molecular formula is C8H12N4O2. The van der Waals surface area contributed by atoms with Crippen LogP contribution in [0.3, 0.4) is 0 Å². The van der Waals surface area contributed by atoms with Crippen molar-refractivity contribution in [1.29, 1.82) is 0 Å². The number of carbonyl (C=O) groups is 1. The minimum atomic E-state index is -0.781. The standard InChI is InChI=1S/C8H12N4O2/c1-5-10-11-7-3-9-6(2-8(13)14)4-12(5)7/h6,9H,2-4H2,1H3,(H,13,14). The molecule has 0 aromatic carbocycles. The van der Waals surface area contributed by atoms with Gasteiger partial charge in [0.15, 0.2) is 0 Å². The van der Waals surface area contributed by atoms with Gasteiger partial charge in [0.05, 0.1) is 13.0 Å². The van der Waals surface area contributed by atoms with Crippen molar-refractivity contribution in [3.8, 4) is 0 Å². The first-order chi connectivity index (χ1) is 6.66. The Morgan fingerprint density at radius 2 is 2.50 bits per heavy atom. The zero-order valence-electron chi connectivity index (χ0n) is 7.90. The number of nitrogens with one attached hydrogen (secondary N) is 1. The molecule has 1 aromatic rings. The summed E-state index contributed by atoms with van der Waals surface area (Å²) in [6.07, 6.45) is 0.136. The summed E-state index contributed by atoms with van der Waals surface area (Å²) < 4.78 is 1.96. The number of aliphatic carboxylic acids is 1. The van der Waals surface area contributed by atoms with Gasteiger partial charge in [0.25, 0.3) is 0 Å². The van der Waals surface area contributed by atoms with E-state index in [9.17, 15) is 4.79 Å². The highest BCUT2D eigenvalue weighted by Crippen LogP contribution is 2.10. The minimum absolute atomic E-state index is 0.0188. The van der Waals surface area contributed by atoms with Crippen LogP contribution in [0.1, 0.15) is 18.1 Å². The Bertz CT molecular complexity index is 360. The lowest BCUT2D eigenvalue weighted by Gasteiger charge is -2.23. The van der Waals surface area contributed by atoms with Crippen molar-refractivity contribution in [3.63, 3.8) is 0 Å². The van der Waals surface area contributed by atoms with E-state index in [1.165, 1.54) is 0 Å². The second kappa shape index (κ2) is 3.38. The molecule has 1 aliphatic rings. The summed E-state index contributed by atoms with van der Waals surface area (Å²) in [6.45, 7) is 3.11. The normalized spacial score (nSPS) is 20.5. The Kier molecular flexibility index (Phi) is 2.20. The van der Waals surface area contributed by atoms with E-state index < -0.39 is 5.97 Å². The Morgan fingerprint density at radius 1 is 1.71 bits per heavy atom. The van der Waals surface area contributed by atoms with E-state index in [4.69, 9.17) is 5.11 Å². The third kappa shape index (κ3) is 1.60. The largest absolute Gasteiger partial charge is 0.481 e. The first-order valence-corrected chi connectivity index (χ1v) is 4.50. The SMILES string of the molecule is Cc1nnc2n1CC(CC(=O)O)NC2. The van der Waals surface area contributed by atoms with Gasteiger partial charge >= 0.3 is 5.97 Å². The lowest BCUT2D eigenvalue weighted by atomic mass is 10.1. The van der Waals surface area contributed by atoms with Gasteiger partial charge in [-0.1, -0.05) is 0 Å². The molecule has 0 radical (unpaired) electrons. The molecule has 1 atom stereocenters.